The second-order valence-electron chi connectivity index (χ2n) is 5.54. The molecule has 1 N–H and O–H groups in total. The van der Waals surface area contributed by atoms with Crippen molar-refractivity contribution in [2.75, 3.05) is 6.54 Å². The van der Waals surface area contributed by atoms with Crippen molar-refractivity contribution in [3.63, 3.8) is 0 Å². The van der Waals surface area contributed by atoms with E-state index in [1.54, 1.807) is 0 Å². The zero-order valence-electron chi connectivity index (χ0n) is 12.4. The highest BCUT2D eigenvalue weighted by molar-refractivity contribution is 6.31. The maximum Gasteiger partial charge on any atom is 0.123 e. The van der Waals surface area contributed by atoms with E-state index >= 15 is 0 Å². The molecule has 0 aliphatic carbocycles. The number of halogens is 1. The molecule has 3 heteroatoms. The van der Waals surface area contributed by atoms with E-state index in [0.29, 0.717) is 0 Å². The lowest BCUT2D eigenvalue weighted by Crippen LogP contribution is -2.11. The first-order valence-electron chi connectivity index (χ1n) is 7.46. The third-order valence-corrected chi connectivity index (χ3v) is 4.20. The maximum absolute atomic E-state index is 6.39. The van der Waals surface area contributed by atoms with Gasteiger partial charge in [0.25, 0.3) is 0 Å². The first-order valence-corrected chi connectivity index (χ1v) is 7.84. The van der Waals surface area contributed by atoms with Crippen LogP contribution in [0.3, 0.4) is 0 Å². The van der Waals surface area contributed by atoms with Crippen molar-refractivity contribution in [2.45, 2.75) is 32.9 Å². The summed E-state index contributed by atoms with van der Waals surface area (Å²) in [5.41, 5.74) is 4.78. The van der Waals surface area contributed by atoms with Gasteiger partial charge in [-0.05, 0) is 53.9 Å². The molecule has 0 aromatic heterocycles. The molecule has 2 aromatic rings. The minimum Gasteiger partial charge on any atom is -0.490 e. The van der Waals surface area contributed by atoms with Crippen LogP contribution < -0.4 is 10.1 Å². The molecule has 0 fully saturated rings. The highest BCUT2D eigenvalue weighted by Crippen LogP contribution is 2.34. The molecule has 0 saturated carbocycles. The second kappa shape index (κ2) is 6.08. The predicted molar refractivity (Wildman–Crippen MR) is 88.1 cm³/mol. The summed E-state index contributed by atoms with van der Waals surface area (Å²) in [5.74, 6) is 1.01. The smallest absolute Gasteiger partial charge is 0.123 e. The highest BCUT2D eigenvalue weighted by Gasteiger charge is 2.19. The van der Waals surface area contributed by atoms with Crippen molar-refractivity contribution in [3.8, 4) is 16.9 Å². The first-order chi connectivity index (χ1) is 10.2. The zero-order valence-corrected chi connectivity index (χ0v) is 13.2. The average molecular weight is 302 g/mol. The summed E-state index contributed by atoms with van der Waals surface area (Å²) in [6.45, 7) is 5.95. The van der Waals surface area contributed by atoms with Crippen molar-refractivity contribution in [1.29, 1.82) is 0 Å². The van der Waals surface area contributed by atoms with Gasteiger partial charge < -0.3 is 10.1 Å². The van der Waals surface area contributed by atoms with Gasteiger partial charge in [-0.1, -0.05) is 36.7 Å². The van der Waals surface area contributed by atoms with Gasteiger partial charge in [-0.3, -0.25) is 0 Å². The minimum atomic E-state index is 0.279. The second-order valence-corrected chi connectivity index (χ2v) is 5.95. The van der Waals surface area contributed by atoms with Crippen molar-refractivity contribution in [1.82, 2.24) is 5.32 Å². The van der Waals surface area contributed by atoms with Crippen LogP contribution in [0, 0.1) is 0 Å². The number of rotatable bonds is 4. The largest absolute Gasteiger partial charge is 0.490 e. The molecule has 110 valence electrons. The van der Waals surface area contributed by atoms with Gasteiger partial charge in [0, 0.05) is 18.0 Å². The van der Waals surface area contributed by atoms with Crippen LogP contribution in [0.2, 0.25) is 5.02 Å². The van der Waals surface area contributed by atoms with Crippen LogP contribution in [-0.2, 0) is 13.0 Å². The fraction of sp³-hybridized carbons (Fsp3) is 0.333. The fourth-order valence-corrected chi connectivity index (χ4v) is 2.98. The molecule has 0 bridgehead atoms. The van der Waals surface area contributed by atoms with E-state index in [2.05, 4.69) is 55.6 Å². The van der Waals surface area contributed by atoms with Crippen molar-refractivity contribution in [2.24, 2.45) is 0 Å². The van der Waals surface area contributed by atoms with Gasteiger partial charge in [-0.2, -0.15) is 0 Å². The Morgan fingerprint density at radius 1 is 1.19 bits per heavy atom. The number of hydrogen-bond donors (Lipinski definition) is 1. The number of ether oxygens (including phenoxy) is 1. The van der Waals surface area contributed by atoms with E-state index in [-0.39, 0.29) is 6.10 Å². The molecule has 3 rings (SSSR count). The van der Waals surface area contributed by atoms with E-state index in [1.807, 2.05) is 0 Å². The number of hydrogen-bond acceptors (Lipinski definition) is 2. The van der Waals surface area contributed by atoms with Crippen LogP contribution in [0.25, 0.3) is 11.1 Å². The van der Waals surface area contributed by atoms with Crippen LogP contribution in [0.15, 0.2) is 36.4 Å². The summed E-state index contributed by atoms with van der Waals surface area (Å²) in [4.78, 5) is 0. The van der Waals surface area contributed by atoms with Gasteiger partial charge in [-0.15, -0.1) is 0 Å². The Hall–Kier alpha value is -1.51. The summed E-state index contributed by atoms with van der Waals surface area (Å²) < 4.78 is 5.75. The normalized spacial score (nSPS) is 16.6. The first kappa shape index (κ1) is 14.4. The zero-order chi connectivity index (χ0) is 14.8. The Morgan fingerprint density at radius 3 is 2.71 bits per heavy atom. The Balaban J connectivity index is 1.87. The van der Waals surface area contributed by atoms with E-state index in [4.69, 9.17) is 16.3 Å². The molecule has 1 unspecified atom stereocenters. The highest BCUT2D eigenvalue weighted by atomic mass is 35.5. The molecular formula is C18H20ClNO. The van der Waals surface area contributed by atoms with E-state index in [9.17, 15) is 0 Å². The predicted octanol–water partition coefficient (Wildman–Crippen LogP) is 4.44. The number of benzene rings is 2. The van der Waals surface area contributed by atoms with E-state index < -0.39 is 0 Å². The summed E-state index contributed by atoms with van der Waals surface area (Å²) in [6, 6.07) is 12.7. The van der Waals surface area contributed by atoms with Gasteiger partial charge in [-0.25, -0.2) is 0 Å². The molecule has 1 aliphatic heterocycles. The summed E-state index contributed by atoms with van der Waals surface area (Å²) in [6.07, 6.45) is 1.26. The van der Waals surface area contributed by atoms with Crippen molar-refractivity contribution in [3.05, 3.63) is 52.5 Å². The topological polar surface area (TPSA) is 21.3 Å². The Bertz CT molecular complexity index is 654. The molecule has 1 atom stereocenters. The quantitative estimate of drug-likeness (QED) is 0.901. The molecule has 0 spiro atoms. The maximum atomic E-state index is 6.39. The summed E-state index contributed by atoms with van der Waals surface area (Å²) >= 11 is 6.39. The summed E-state index contributed by atoms with van der Waals surface area (Å²) in [5, 5.41) is 4.12. The fourth-order valence-electron chi connectivity index (χ4n) is 2.73. The van der Waals surface area contributed by atoms with Crippen LogP contribution in [0.5, 0.6) is 5.75 Å². The van der Waals surface area contributed by atoms with Gasteiger partial charge >= 0.3 is 0 Å². The monoisotopic (exact) mass is 301 g/mol. The van der Waals surface area contributed by atoms with Gasteiger partial charge in [0.15, 0.2) is 0 Å². The average Bonchev–Trinajstić information content (AvgIpc) is 2.85. The Kier molecular flexibility index (Phi) is 4.18. The lowest BCUT2D eigenvalue weighted by molar-refractivity contribution is 0.254. The molecule has 0 saturated heterocycles. The van der Waals surface area contributed by atoms with Crippen LogP contribution in [-0.4, -0.2) is 12.6 Å². The molecule has 2 aromatic carbocycles. The number of nitrogens with one attached hydrogen (secondary N) is 1. The van der Waals surface area contributed by atoms with Crippen molar-refractivity contribution >= 4 is 11.6 Å². The molecule has 1 aliphatic rings. The van der Waals surface area contributed by atoms with Crippen LogP contribution in [0.1, 0.15) is 25.0 Å². The third kappa shape index (κ3) is 3.07. The van der Waals surface area contributed by atoms with Gasteiger partial charge in [0.2, 0.25) is 0 Å². The molecule has 0 amide bonds. The number of fused-ring (bicyclic) bond motifs is 1. The molecule has 2 nitrogen and oxygen atoms in total. The summed E-state index contributed by atoms with van der Waals surface area (Å²) in [7, 11) is 0. The lowest BCUT2D eigenvalue weighted by Gasteiger charge is -2.09. The lowest BCUT2D eigenvalue weighted by atomic mass is 10.00. The van der Waals surface area contributed by atoms with E-state index in [1.165, 1.54) is 11.1 Å². The molecule has 0 radical (unpaired) electrons. The van der Waals surface area contributed by atoms with Gasteiger partial charge in [0.05, 0.1) is 0 Å². The van der Waals surface area contributed by atoms with E-state index in [0.717, 1.165) is 41.4 Å². The van der Waals surface area contributed by atoms with Gasteiger partial charge in [0.1, 0.15) is 11.9 Å². The van der Waals surface area contributed by atoms with Crippen molar-refractivity contribution < 1.29 is 4.74 Å². The third-order valence-electron chi connectivity index (χ3n) is 3.85. The standard InChI is InChI=1S/C18H20ClNO/c1-3-20-11-15-5-4-14(10-17(15)19)13-6-7-18-16(9-13)8-12(2)21-18/h4-7,9-10,12,20H,3,8,11H2,1-2H3. The Morgan fingerprint density at radius 2 is 1.95 bits per heavy atom. The Labute approximate surface area is 131 Å². The molecule has 21 heavy (non-hydrogen) atoms. The molecule has 1 heterocycles. The SMILES string of the molecule is CCNCc1ccc(-c2ccc3c(c2)CC(C)O3)cc1Cl. The van der Waals surface area contributed by atoms with Crippen LogP contribution >= 0.6 is 11.6 Å². The minimum absolute atomic E-state index is 0.279. The van der Waals surface area contributed by atoms with Crippen LogP contribution in [0.4, 0.5) is 0 Å². The molecular weight excluding hydrogens is 282 g/mol.